The molecule has 0 saturated carbocycles. The molecule has 0 N–H and O–H groups in total. The number of halogens is 4. The lowest BCUT2D eigenvalue weighted by Crippen LogP contribution is -2.41. The van der Waals surface area contributed by atoms with E-state index in [2.05, 4.69) is 8.71 Å². The third kappa shape index (κ3) is 5.24. The molecule has 0 bridgehead atoms. The molecule has 0 aromatic carbocycles. The van der Waals surface area contributed by atoms with Gasteiger partial charge in [0, 0.05) is 0 Å². The van der Waals surface area contributed by atoms with Gasteiger partial charge >= 0.3 is 26.2 Å². The molecular weight excluding hydrogens is 291 g/mol. The van der Waals surface area contributed by atoms with Crippen molar-refractivity contribution in [2.75, 3.05) is 12.9 Å². The topological polar surface area (TPSA) is 69.7 Å². The second-order valence-electron chi connectivity index (χ2n) is 2.83. The van der Waals surface area contributed by atoms with Gasteiger partial charge in [-0.3, -0.25) is 0 Å². The molecule has 0 rings (SSSR count). The summed E-state index contributed by atoms with van der Waals surface area (Å²) in [6.07, 6.45) is -3.86. The zero-order chi connectivity index (χ0) is 13.9. The molecule has 0 spiro atoms. The summed E-state index contributed by atoms with van der Waals surface area (Å²) in [7, 11) is -7.89. The normalized spacial score (nSPS) is 16.1. The zero-order valence-corrected chi connectivity index (χ0v) is 10.5. The van der Waals surface area contributed by atoms with Crippen LogP contribution in [0.25, 0.3) is 0 Å². The zero-order valence-electron chi connectivity index (χ0n) is 8.77. The first-order chi connectivity index (χ1) is 7.52. The number of hydrogen-bond donors (Lipinski definition) is 0. The molecule has 2 unspecified atom stereocenters. The average Bonchev–Trinajstić information content (AvgIpc) is 2.12. The van der Waals surface area contributed by atoms with E-state index in [1.165, 1.54) is 6.92 Å². The fourth-order valence-electron chi connectivity index (χ4n) is 0.708. The minimum atomic E-state index is -4.90. The highest BCUT2D eigenvalue weighted by molar-refractivity contribution is 7.86. The third-order valence-corrected chi connectivity index (χ3v) is 3.36. The van der Waals surface area contributed by atoms with Gasteiger partial charge in [-0.1, -0.05) is 0 Å². The standard InChI is InChI=1S/C6H10F4O5PS/c1-3-14-16(11)5(15-17(2,12)13)6(9,10)4(7)8/h4-5H,3H2,1-2H3/q+1. The summed E-state index contributed by atoms with van der Waals surface area (Å²) >= 11 is 0. The lowest BCUT2D eigenvalue weighted by atomic mass is 10.4. The molecular formula is C6H10F4O5PS+. The molecule has 11 heteroatoms. The molecule has 0 heterocycles. The van der Waals surface area contributed by atoms with E-state index < -0.39 is 36.3 Å². The van der Waals surface area contributed by atoms with Crippen LogP contribution in [0, 0.1) is 0 Å². The lowest BCUT2D eigenvalue weighted by Gasteiger charge is -2.16. The van der Waals surface area contributed by atoms with Gasteiger partial charge < -0.3 is 0 Å². The second kappa shape index (κ2) is 6.03. The van der Waals surface area contributed by atoms with E-state index in [0.29, 0.717) is 6.26 Å². The predicted molar refractivity (Wildman–Crippen MR) is 49.9 cm³/mol. The lowest BCUT2D eigenvalue weighted by molar-refractivity contribution is -0.161. The van der Waals surface area contributed by atoms with Gasteiger partial charge in [-0.15, -0.1) is 4.52 Å². The van der Waals surface area contributed by atoms with Crippen LogP contribution < -0.4 is 0 Å². The minimum absolute atomic E-state index is 0.321. The van der Waals surface area contributed by atoms with Crippen molar-refractivity contribution >= 4 is 18.1 Å². The van der Waals surface area contributed by atoms with Crippen LogP contribution >= 0.6 is 8.03 Å². The highest BCUT2D eigenvalue weighted by atomic mass is 32.2. The van der Waals surface area contributed by atoms with Crippen LogP contribution in [0.1, 0.15) is 6.92 Å². The Morgan fingerprint density at radius 2 is 1.82 bits per heavy atom. The predicted octanol–water partition coefficient (Wildman–Crippen LogP) is 1.97. The molecule has 0 aromatic rings. The van der Waals surface area contributed by atoms with Gasteiger partial charge in [-0.05, 0) is 11.5 Å². The van der Waals surface area contributed by atoms with Crippen LogP contribution in [0.2, 0.25) is 0 Å². The Balaban J connectivity index is 5.18. The largest absolute Gasteiger partial charge is 0.548 e. The highest BCUT2D eigenvalue weighted by Crippen LogP contribution is 2.44. The molecule has 0 amide bonds. The van der Waals surface area contributed by atoms with Crippen molar-refractivity contribution in [1.82, 2.24) is 0 Å². The van der Waals surface area contributed by atoms with Gasteiger partial charge in [0.1, 0.15) is 0 Å². The third-order valence-electron chi connectivity index (χ3n) is 1.33. The Morgan fingerprint density at radius 3 is 2.12 bits per heavy atom. The molecule has 17 heavy (non-hydrogen) atoms. The first-order valence-electron chi connectivity index (χ1n) is 4.15. The molecule has 102 valence electrons. The first-order valence-corrected chi connectivity index (χ1v) is 7.22. The van der Waals surface area contributed by atoms with E-state index in [-0.39, 0.29) is 6.61 Å². The quantitative estimate of drug-likeness (QED) is 0.408. The van der Waals surface area contributed by atoms with Crippen LogP contribution in [0.4, 0.5) is 17.6 Å². The number of rotatable bonds is 7. The van der Waals surface area contributed by atoms with E-state index in [4.69, 9.17) is 0 Å². The van der Waals surface area contributed by atoms with Crippen molar-refractivity contribution in [1.29, 1.82) is 0 Å². The van der Waals surface area contributed by atoms with Crippen molar-refractivity contribution in [2.24, 2.45) is 0 Å². The maximum atomic E-state index is 12.9. The van der Waals surface area contributed by atoms with Crippen molar-refractivity contribution in [3.8, 4) is 0 Å². The Kier molecular flexibility index (Phi) is 5.92. The summed E-state index contributed by atoms with van der Waals surface area (Å²) in [5.41, 5.74) is 0. The molecule has 0 fully saturated rings. The average molecular weight is 301 g/mol. The summed E-state index contributed by atoms with van der Waals surface area (Å²) in [5, 5.41) is 0. The van der Waals surface area contributed by atoms with Crippen molar-refractivity contribution in [3.05, 3.63) is 0 Å². The molecule has 0 aliphatic carbocycles. The van der Waals surface area contributed by atoms with E-state index in [1.54, 1.807) is 0 Å². The fraction of sp³-hybridized carbons (Fsp3) is 1.00. The summed E-state index contributed by atoms with van der Waals surface area (Å²) < 4.78 is 90.2. The molecule has 0 aromatic heterocycles. The Hall–Kier alpha value is -0.310. The summed E-state index contributed by atoms with van der Waals surface area (Å²) in [6.45, 7) is 0.948. The van der Waals surface area contributed by atoms with E-state index in [1.807, 2.05) is 0 Å². The molecule has 5 nitrogen and oxygen atoms in total. The summed E-state index contributed by atoms with van der Waals surface area (Å²) in [6, 6.07) is 0. The van der Waals surface area contributed by atoms with Gasteiger partial charge in [0.15, 0.2) is 0 Å². The minimum Gasteiger partial charge on any atom is -0.208 e. The summed E-state index contributed by atoms with van der Waals surface area (Å²) in [5.74, 6) is -7.95. The van der Waals surface area contributed by atoms with Crippen LogP contribution in [0.15, 0.2) is 0 Å². The van der Waals surface area contributed by atoms with E-state index >= 15 is 0 Å². The van der Waals surface area contributed by atoms with Gasteiger partial charge in [-0.25, -0.2) is 13.0 Å². The van der Waals surface area contributed by atoms with Gasteiger partial charge in [0.25, 0.3) is 10.1 Å². The second-order valence-corrected chi connectivity index (χ2v) is 5.73. The van der Waals surface area contributed by atoms with Gasteiger partial charge in [0.05, 0.1) is 12.9 Å². The molecule has 0 radical (unpaired) electrons. The highest BCUT2D eigenvalue weighted by Gasteiger charge is 2.63. The Morgan fingerprint density at radius 1 is 1.35 bits per heavy atom. The molecule has 0 saturated heterocycles. The molecule has 2 atom stereocenters. The van der Waals surface area contributed by atoms with Crippen LogP contribution in [0.3, 0.4) is 0 Å². The molecule has 0 aliphatic heterocycles. The maximum absolute atomic E-state index is 12.9. The molecule has 0 aliphatic rings. The summed E-state index contributed by atoms with van der Waals surface area (Å²) in [4.78, 5) is 0. The van der Waals surface area contributed by atoms with Crippen molar-refractivity contribution in [3.63, 3.8) is 0 Å². The van der Waals surface area contributed by atoms with Gasteiger partial charge in [-0.2, -0.15) is 17.2 Å². The monoisotopic (exact) mass is 301 g/mol. The van der Waals surface area contributed by atoms with E-state index in [9.17, 15) is 30.5 Å². The van der Waals surface area contributed by atoms with Crippen molar-refractivity contribution in [2.45, 2.75) is 25.1 Å². The Labute approximate surface area is 96.1 Å². The van der Waals surface area contributed by atoms with Gasteiger partial charge in [0.2, 0.25) is 0 Å². The van der Waals surface area contributed by atoms with Crippen molar-refractivity contribution < 1.29 is 39.3 Å². The maximum Gasteiger partial charge on any atom is 0.548 e. The van der Waals surface area contributed by atoms with Crippen LogP contribution in [-0.4, -0.2) is 39.5 Å². The number of alkyl halides is 4. The Bertz CT molecular complexity index is 371. The first kappa shape index (κ1) is 16.7. The van der Waals surface area contributed by atoms with Crippen LogP contribution in [-0.2, 0) is 23.4 Å². The smallest absolute Gasteiger partial charge is 0.208 e. The van der Waals surface area contributed by atoms with Crippen LogP contribution in [0.5, 0.6) is 0 Å². The van der Waals surface area contributed by atoms with E-state index in [0.717, 1.165) is 0 Å². The number of hydrogen-bond acceptors (Lipinski definition) is 5. The SMILES string of the molecule is CCO[P+](=O)C(OS(C)(=O)=O)C(F)(F)C(F)F. The fourth-order valence-corrected chi connectivity index (χ4v) is 2.70.